The van der Waals surface area contributed by atoms with Crippen LogP contribution in [0.2, 0.25) is 0 Å². The van der Waals surface area contributed by atoms with Crippen molar-refractivity contribution in [3.05, 3.63) is 34.8 Å². The average Bonchev–Trinajstić information content (AvgIpc) is 3.30. The van der Waals surface area contributed by atoms with E-state index in [9.17, 15) is 4.79 Å². The van der Waals surface area contributed by atoms with Gasteiger partial charge in [0, 0.05) is 23.2 Å². The van der Waals surface area contributed by atoms with Gasteiger partial charge in [0.05, 0.1) is 18.8 Å². The lowest BCUT2D eigenvalue weighted by Crippen LogP contribution is -2.16. The van der Waals surface area contributed by atoms with E-state index in [4.69, 9.17) is 14.2 Å². The first-order valence-corrected chi connectivity index (χ1v) is 9.32. The lowest BCUT2D eigenvalue weighted by atomic mass is 10.1. The SMILES string of the molecule is COC(=O)c1cc(OCC2CCCO2)cc(-c2ncc(C(C)C)s2)c1. The van der Waals surface area contributed by atoms with Crippen LogP contribution in [0.5, 0.6) is 5.75 Å². The molecule has 2 heterocycles. The van der Waals surface area contributed by atoms with Gasteiger partial charge < -0.3 is 14.2 Å². The molecule has 1 aliphatic rings. The lowest BCUT2D eigenvalue weighted by Gasteiger charge is -2.13. The largest absolute Gasteiger partial charge is 0.491 e. The van der Waals surface area contributed by atoms with Crippen molar-refractivity contribution in [2.75, 3.05) is 20.3 Å². The summed E-state index contributed by atoms with van der Waals surface area (Å²) in [4.78, 5) is 17.7. The summed E-state index contributed by atoms with van der Waals surface area (Å²) < 4.78 is 16.3. The molecule has 1 unspecified atom stereocenters. The van der Waals surface area contributed by atoms with Gasteiger partial charge in [-0.05, 0) is 37.0 Å². The quantitative estimate of drug-likeness (QED) is 0.719. The highest BCUT2D eigenvalue weighted by Crippen LogP contribution is 2.32. The average molecular weight is 361 g/mol. The van der Waals surface area contributed by atoms with Crippen LogP contribution in [0.15, 0.2) is 24.4 Å². The standard InChI is InChI=1S/C19H23NO4S/c1-12(2)17-10-20-18(25-17)13-7-14(19(21)22-3)9-16(8-13)24-11-15-5-4-6-23-15/h7-10,12,15H,4-6,11H2,1-3H3. The number of methoxy groups -OCH3 is 1. The van der Waals surface area contributed by atoms with Crippen LogP contribution >= 0.6 is 11.3 Å². The van der Waals surface area contributed by atoms with Crippen LogP contribution < -0.4 is 4.74 Å². The van der Waals surface area contributed by atoms with Gasteiger partial charge in [-0.2, -0.15) is 0 Å². The summed E-state index contributed by atoms with van der Waals surface area (Å²) in [6, 6.07) is 5.43. The third kappa shape index (κ3) is 4.38. The summed E-state index contributed by atoms with van der Waals surface area (Å²) in [5.74, 6) is 0.671. The van der Waals surface area contributed by atoms with Gasteiger partial charge in [0.1, 0.15) is 17.4 Å². The van der Waals surface area contributed by atoms with Gasteiger partial charge in [-0.3, -0.25) is 0 Å². The Hall–Kier alpha value is -1.92. The molecule has 0 N–H and O–H groups in total. The summed E-state index contributed by atoms with van der Waals surface area (Å²) in [5, 5.41) is 0.872. The molecule has 3 rings (SSSR count). The first-order chi connectivity index (χ1) is 12.1. The van der Waals surface area contributed by atoms with Crippen LogP contribution in [0, 0.1) is 0 Å². The molecule has 1 aromatic heterocycles. The molecule has 0 radical (unpaired) electrons. The van der Waals surface area contributed by atoms with Gasteiger partial charge in [-0.15, -0.1) is 11.3 Å². The molecule has 0 amide bonds. The number of ether oxygens (including phenoxy) is 3. The van der Waals surface area contributed by atoms with Crippen molar-refractivity contribution in [1.29, 1.82) is 0 Å². The van der Waals surface area contributed by atoms with Crippen LogP contribution in [0.1, 0.15) is 47.8 Å². The molecule has 1 atom stereocenters. The predicted molar refractivity (Wildman–Crippen MR) is 97.4 cm³/mol. The fourth-order valence-electron chi connectivity index (χ4n) is 2.69. The lowest BCUT2D eigenvalue weighted by molar-refractivity contribution is 0.0598. The maximum atomic E-state index is 12.0. The van der Waals surface area contributed by atoms with Gasteiger partial charge >= 0.3 is 5.97 Å². The fourth-order valence-corrected chi connectivity index (χ4v) is 3.60. The van der Waals surface area contributed by atoms with Crippen molar-refractivity contribution in [1.82, 2.24) is 4.98 Å². The molecule has 2 aromatic rings. The third-order valence-corrected chi connectivity index (χ3v) is 5.47. The zero-order valence-electron chi connectivity index (χ0n) is 14.8. The van der Waals surface area contributed by atoms with Gasteiger partial charge in [0.15, 0.2) is 0 Å². The summed E-state index contributed by atoms with van der Waals surface area (Å²) in [6.07, 6.45) is 4.09. The Bertz CT molecular complexity index is 735. The number of hydrogen-bond donors (Lipinski definition) is 0. The Labute approximate surface area is 151 Å². The second-order valence-corrected chi connectivity index (χ2v) is 7.47. The maximum Gasteiger partial charge on any atom is 0.338 e. The maximum absolute atomic E-state index is 12.0. The molecule has 25 heavy (non-hydrogen) atoms. The van der Waals surface area contributed by atoms with Crippen LogP contribution in [-0.4, -0.2) is 37.4 Å². The van der Waals surface area contributed by atoms with E-state index >= 15 is 0 Å². The topological polar surface area (TPSA) is 57.7 Å². The number of benzene rings is 1. The van der Waals surface area contributed by atoms with Crippen molar-refractivity contribution >= 4 is 17.3 Å². The second-order valence-electron chi connectivity index (χ2n) is 6.41. The molecule has 5 nitrogen and oxygen atoms in total. The number of aromatic nitrogens is 1. The molecule has 1 aliphatic heterocycles. The van der Waals surface area contributed by atoms with Gasteiger partial charge in [0.2, 0.25) is 0 Å². The van der Waals surface area contributed by atoms with Gasteiger partial charge in [0.25, 0.3) is 0 Å². The minimum absolute atomic E-state index is 0.123. The summed E-state index contributed by atoms with van der Waals surface area (Å²) in [5.41, 5.74) is 1.32. The van der Waals surface area contributed by atoms with E-state index in [-0.39, 0.29) is 12.1 Å². The number of thiazole rings is 1. The Morgan fingerprint density at radius 1 is 1.40 bits per heavy atom. The van der Waals surface area contributed by atoms with Crippen molar-refractivity contribution < 1.29 is 19.0 Å². The molecule has 1 saturated heterocycles. The van der Waals surface area contributed by atoms with E-state index in [1.165, 1.54) is 12.0 Å². The summed E-state index contributed by atoms with van der Waals surface area (Å²) in [6.45, 7) is 5.55. The number of nitrogens with zero attached hydrogens (tertiary/aromatic N) is 1. The van der Waals surface area contributed by atoms with Gasteiger partial charge in [-0.1, -0.05) is 13.8 Å². The molecule has 6 heteroatoms. The highest BCUT2D eigenvalue weighted by atomic mass is 32.1. The van der Waals surface area contributed by atoms with Crippen molar-refractivity contribution in [3.63, 3.8) is 0 Å². The molecule has 0 aliphatic carbocycles. The molecule has 1 aromatic carbocycles. The van der Waals surface area contributed by atoms with Crippen LogP contribution in [0.3, 0.4) is 0 Å². The van der Waals surface area contributed by atoms with Crippen LogP contribution in [0.25, 0.3) is 10.6 Å². The molecule has 1 fully saturated rings. The summed E-state index contributed by atoms with van der Waals surface area (Å²) >= 11 is 1.63. The molecular formula is C19H23NO4S. The monoisotopic (exact) mass is 361 g/mol. The van der Waals surface area contributed by atoms with Crippen LogP contribution in [0.4, 0.5) is 0 Å². The smallest absolute Gasteiger partial charge is 0.338 e. The first-order valence-electron chi connectivity index (χ1n) is 8.50. The van der Waals surface area contributed by atoms with E-state index in [2.05, 4.69) is 18.8 Å². The first kappa shape index (κ1) is 17.9. The number of hydrogen-bond acceptors (Lipinski definition) is 6. The third-order valence-electron chi connectivity index (χ3n) is 4.13. The highest BCUT2D eigenvalue weighted by molar-refractivity contribution is 7.15. The van der Waals surface area contributed by atoms with Crippen molar-refractivity contribution in [3.8, 4) is 16.3 Å². The zero-order chi connectivity index (χ0) is 17.8. The molecule has 0 bridgehead atoms. The van der Waals surface area contributed by atoms with E-state index in [1.54, 1.807) is 23.5 Å². The second kappa shape index (κ2) is 7.97. The number of carbonyl (C=O) groups excluding carboxylic acids is 1. The Morgan fingerprint density at radius 3 is 2.88 bits per heavy atom. The van der Waals surface area contributed by atoms with Gasteiger partial charge in [-0.25, -0.2) is 9.78 Å². The normalized spacial score (nSPS) is 17.0. The fraction of sp³-hybridized carbons (Fsp3) is 0.474. The number of rotatable bonds is 6. The zero-order valence-corrected chi connectivity index (χ0v) is 15.6. The van der Waals surface area contributed by atoms with Crippen molar-refractivity contribution in [2.24, 2.45) is 0 Å². The van der Waals surface area contributed by atoms with E-state index in [0.717, 1.165) is 30.0 Å². The molecular weight excluding hydrogens is 338 g/mol. The Balaban J connectivity index is 1.87. The number of carbonyl (C=O) groups is 1. The highest BCUT2D eigenvalue weighted by Gasteiger charge is 2.18. The Morgan fingerprint density at radius 2 is 2.24 bits per heavy atom. The minimum atomic E-state index is -0.385. The van der Waals surface area contributed by atoms with E-state index in [0.29, 0.717) is 23.8 Å². The van der Waals surface area contributed by atoms with E-state index in [1.807, 2.05) is 12.3 Å². The molecule has 0 saturated carbocycles. The Kier molecular flexibility index (Phi) is 5.71. The van der Waals surface area contributed by atoms with Crippen molar-refractivity contribution in [2.45, 2.75) is 38.7 Å². The molecule has 134 valence electrons. The van der Waals surface area contributed by atoms with Crippen LogP contribution in [-0.2, 0) is 9.47 Å². The number of esters is 1. The molecule has 0 spiro atoms. The summed E-state index contributed by atoms with van der Waals surface area (Å²) in [7, 11) is 1.38. The minimum Gasteiger partial charge on any atom is -0.491 e. The predicted octanol–water partition coefficient (Wildman–Crippen LogP) is 4.28. The van der Waals surface area contributed by atoms with E-state index < -0.39 is 0 Å².